The zero-order valence-corrected chi connectivity index (χ0v) is 12.7. The predicted octanol–water partition coefficient (Wildman–Crippen LogP) is 2.79. The molecule has 0 radical (unpaired) electrons. The first kappa shape index (κ1) is 15.4. The summed E-state index contributed by atoms with van der Waals surface area (Å²) in [6.07, 6.45) is 4.57. The summed E-state index contributed by atoms with van der Waals surface area (Å²) in [5.41, 5.74) is 4.54. The van der Waals surface area contributed by atoms with Gasteiger partial charge in [-0.15, -0.1) is 0 Å². The first-order valence-electron chi connectivity index (χ1n) is 7.43. The Morgan fingerprint density at radius 2 is 2.19 bits per heavy atom. The van der Waals surface area contributed by atoms with Crippen LogP contribution in [0, 0.1) is 5.92 Å². The van der Waals surface area contributed by atoms with Gasteiger partial charge in [0.15, 0.2) is 0 Å². The van der Waals surface area contributed by atoms with E-state index in [2.05, 4.69) is 22.8 Å². The number of nitrogens with zero attached hydrogens (tertiary/aromatic N) is 1. The molecular weight excluding hydrogens is 266 g/mol. The summed E-state index contributed by atoms with van der Waals surface area (Å²) in [5.74, 6) is 1.05. The molecule has 2 rings (SSSR count). The molecule has 0 spiro atoms. The van der Waals surface area contributed by atoms with Gasteiger partial charge in [0, 0.05) is 5.71 Å². The van der Waals surface area contributed by atoms with Gasteiger partial charge in [0.25, 0.3) is 5.91 Å². The van der Waals surface area contributed by atoms with E-state index in [1.54, 1.807) is 7.11 Å². The van der Waals surface area contributed by atoms with E-state index < -0.39 is 0 Å². The maximum Gasteiger partial charge on any atom is 0.259 e. The lowest BCUT2D eigenvalue weighted by atomic mass is 9.89. The van der Waals surface area contributed by atoms with Crippen LogP contribution >= 0.6 is 0 Å². The highest BCUT2D eigenvalue weighted by Crippen LogP contribution is 2.22. The number of para-hydroxylation sites is 2. The van der Waals surface area contributed by atoms with E-state index >= 15 is 0 Å². The number of ether oxygens (including phenoxy) is 1. The van der Waals surface area contributed by atoms with E-state index in [0.29, 0.717) is 5.92 Å². The van der Waals surface area contributed by atoms with Crippen LogP contribution in [0.4, 0.5) is 5.69 Å². The van der Waals surface area contributed by atoms with Crippen molar-refractivity contribution in [2.45, 2.75) is 32.6 Å². The summed E-state index contributed by atoms with van der Waals surface area (Å²) >= 11 is 0. The van der Waals surface area contributed by atoms with Gasteiger partial charge < -0.3 is 10.1 Å². The Kier molecular flexibility index (Phi) is 5.60. The second-order valence-electron chi connectivity index (χ2n) is 5.34. The lowest BCUT2D eigenvalue weighted by Gasteiger charge is -2.19. The van der Waals surface area contributed by atoms with Gasteiger partial charge in [-0.25, -0.2) is 5.43 Å². The van der Waals surface area contributed by atoms with E-state index in [0.717, 1.165) is 30.0 Å². The van der Waals surface area contributed by atoms with Crippen molar-refractivity contribution in [2.75, 3.05) is 19.0 Å². The van der Waals surface area contributed by atoms with E-state index in [1.807, 2.05) is 24.3 Å². The third kappa shape index (κ3) is 4.48. The molecule has 1 aliphatic rings. The van der Waals surface area contributed by atoms with E-state index in [4.69, 9.17) is 4.74 Å². The second kappa shape index (κ2) is 7.67. The van der Waals surface area contributed by atoms with Gasteiger partial charge >= 0.3 is 0 Å². The molecule has 0 aromatic heterocycles. The number of carbonyl (C=O) groups is 1. The van der Waals surface area contributed by atoms with Crippen LogP contribution < -0.4 is 15.5 Å². The zero-order valence-electron chi connectivity index (χ0n) is 12.7. The third-order valence-corrected chi connectivity index (χ3v) is 3.76. The highest BCUT2D eigenvalue weighted by molar-refractivity contribution is 5.89. The maximum atomic E-state index is 11.8. The molecule has 1 amide bonds. The molecule has 1 aromatic carbocycles. The highest BCUT2D eigenvalue weighted by Gasteiger charge is 2.16. The largest absolute Gasteiger partial charge is 0.495 e. The molecule has 114 valence electrons. The van der Waals surface area contributed by atoms with Crippen molar-refractivity contribution in [3.8, 4) is 5.75 Å². The molecule has 1 atom stereocenters. The standard InChI is InChI=1S/C16H23N3O2/c1-12-7-3-4-8-13(12)18-19-16(20)11-17-14-9-5-6-10-15(14)21-2/h5-6,9-10,12,17H,3-4,7-8,11H2,1-2H3,(H,19,20). The molecule has 0 aliphatic heterocycles. The average molecular weight is 289 g/mol. The number of amides is 1. The predicted molar refractivity (Wildman–Crippen MR) is 84.7 cm³/mol. The first-order valence-corrected chi connectivity index (χ1v) is 7.43. The molecule has 1 unspecified atom stereocenters. The number of carbonyl (C=O) groups excluding carboxylic acids is 1. The van der Waals surface area contributed by atoms with Gasteiger partial charge in [-0.05, 0) is 37.3 Å². The molecule has 0 bridgehead atoms. The summed E-state index contributed by atoms with van der Waals surface area (Å²) in [4.78, 5) is 11.8. The van der Waals surface area contributed by atoms with Crippen LogP contribution in [0.25, 0.3) is 0 Å². The van der Waals surface area contributed by atoms with Crippen molar-refractivity contribution in [3.63, 3.8) is 0 Å². The topological polar surface area (TPSA) is 62.7 Å². The third-order valence-electron chi connectivity index (χ3n) is 3.76. The smallest absolute Gasteiger partial charge is 0.259 e. The molecule has 0 heterocycles. The SMILES string of the molecule is COc1ccccc1NCC(=O)NN=C1CCCCC1C. The van der Waals surface area contributed by atoms with Gasteiger partial charge in [-0.1, -0.05) is 25.5 Å². The first-order chi connectivity index (χ1) is 10.2. The number of hydrogen-bond acceptors (Lipinski definition) is 4. The molecule has 1 saturated carbocycles. The van der Waals surface area contributed by atoms with Gasteiger partial charge in [0.1, 0.15) is 5.75 Å². The number of hydrogen-bond donors (Lipinski definition) is 2. The van der Waals surface area contributed by atoms with Crippen molar-refractivity contribution in [3.05, 3.63) is 24.3 Å². The Balaban J connectivity index is 1.83. The molecule has 0 saturated heterocycles. The lowest BCUT2D eigenvalue weighted by Crippen LogP contribution is -2.29. The van der Waals surface area contributed by atoms with Crippen LogP contribution in [-0.2, 0) is 4.79 Å². The minimum Gasteiger partial charge on any atom is -0.495 e. The Bertz CT molecular complexity index is 514. The molecule has 1 fully saturated rings. The van der Waals surface area contributed by atoms with Gasteiger partial charge in [-0.2, -0.15) is 5.10 Å². The monoisotopic (exact) mass is 289 g/mol. The van der Waals surface area contributed by atoms with Crippen molar-refractivity contribution < 1.29 is 9.53 Å². The van der Waals surface area contributed by atoms with Gasteiger partial charge in [0.05, 0.1) is 19.3 Å². The molecule has 21 heavy (non-hydrogen) atoms. The average Bonchev–Trinajstić information content (AvgIpc) is 2.52. The zero-order chi connectivity index (χ0) is 15.1. The fourth-order valence-corrected chi connectivity index (χ4v) is 2.48. The Hall–Kier alpha value is -2.04. The Labute approximate surface area is 125 Å². The van der Waals surface area contributed by atoms with E-state index in [9.17, 15) is 4.79 Å². The fourth-order valence-electron chi connectivity index (χ4n) is 2.48. The molecule has 5 nitrogen and oxygen atoms in total. The molecule has 1 aromatic rings. The van der Waals surface area contributed by atoms with Crippen LogP contribution in [0.1, 0.15) is 32.6 Å². The van der Waals surface area contributed by atoms with Crippen molar-refractivity contribution in [1.29, 1.82) is 0 Å². The maximum absolute atomic E-state index is 11.8. The van der Waals surface area contributed by atoms with E-state index in [-0.39, 0.29) is 12.5 Å². The number of methoxy groups -OCH3 is 1. The number of benzene rings is 1. The van der Waals surface area contributed by atoms with Crippen LogP contribution in [-0.4, -0.2) is 25.3 Å². The van der Waals surface area contributed by atoms with Gasteiger partial charge in [-0.3, -0.25) is 4.79 Å². The Morgan fingerprint density at radius 1 is 1.38 bits per heavy atom. The van der Waals surface area contributed by atoms with Crippen molar-refractivity contribution in [2.24, 2.45) is 11.0 Å². The number of rotatable bonds is 5. The van der Waals surface area contributed by atoms with Crippen LogP contribution in [0.15, 0.2) is 29.4 Å². The summed E-state index contributed by atoms with van der Waals surface area (Å²) in [7, 11) is 1.61. The molecule has 5 heteroatoms. The van der Waals surface area contributed by atoms with Crippen LogP contribution in [0.3, 0.4) is 0 Å². The quantitative estimate of drug-likeness (QED) is 0.819. The van der Waals surface area contributed by atoms with Crippen molar-refractivity contribution in [1.82, 2.24) is 5.43 Å². The minimum atomic E-state index is -0.147. The van der Waals surface area contributed by atoms with E-state index in [1.165, 1.54) is 12.8 Å². The summed E-state index contributed by atoms with van der Waals surface area (Å²) in [6.45, 7) is 2.34. The second-order valence-corrected chi connectivity index (χ2v) is 5.34. The summed E-state index contributed by atoms with van der Waals surface area (Å²) in [5, 5.41) is 7.32. The Morgan fingerprint density at radius 3 is 2.95 bits per heavy atom. The van der Waals surface area contributed by atoms with Crippen LogP contribution in [0.5, 0.6) is 5.75 Å². The van der Waals surface area contributed by atoms with Crippen LogP contribution in [0.2, 0.25) is 0 Å². The molecule has 1 aliphatic carbocycles. The van der Waals surface area contributed by atoms with Gasteiger partial charge in [0.2, 0.25) is 0 Å². The van der Waals surface area contributed by atoms with Crippen molar-refractivity contribution >= 4 is 17.3 Å². The fraction of sp³-hybridized carbons (Fsp3) is 0.500. The summed E-state index contributed by atoms with van der Waals surface area (Å²) in [6, 6.07) is 7.51. The lowest BCUT2D eigenvalue weighted by molar-refractivity contribution is -0.119. The number of hydrazone groups is 1. The number of nitrogens with one attached hydrogen (secondary N) is 2. The summed E-state index contributed by atoms with van der Waals surface area (Å²) < 4.78 is 5.23. The number of anilines is 1. The molecular formula is C16H23N3O2. The highest BCUT2D eigenvalue weighted by atomic mass is 16.5. The minimum absolute atomic E-state index is 0.147. The molecule has 2 N–H and O–H groups in total. The normalized spacial score (nSPS) is 20.1.